The van der Waals surface area contributed by atoms with Crippen LogP contribution in [-0.4, -0.2) is 28.1 Å². The molecule has 26 heavy (non-hydrogen) atoms. The van der Waals surface area contributed by atoms with Gasteiger partial charge in [0.15, 0.2) is 11.2 Å². The van der Waals surface area contributed by atoms with Gasteiger partial charge in [0, 0.05) is 23.3 Å². The number of thiazole rings is 1. The van der Waals surface area contributed by atoms with Crippen molar-refractivity contribution < 1.29 is 14.3 Å². The smallest absolute Gasteiger partial charge is 0.405 e. The third-order valence-electron chi connectivity index (χ3n) is 3.57. The summed E-state index contributed by atoms with van der Waals surface area (Å²) < 4.78 is 4.64. The van der Waals surface area contributed by atoms with Crippen LogP contribution in [0.2, 0.25) is 0 Å². The monoisotopic (exact) mass is 368 g/mol. The molecule has 0 saturated carbocycles. The molecule has 0 saturated heterocycles. The van der Waals surface area contributed by atoms with E-state index in [0.29, 0.717) is 5.13 Å². The van der Waals surface area contributed by atoms with Crippen molar-refractivity contribution in [3.05, 3.63) is 54.2 Å². The third kappa shape index (κ3) is 4.22. The predicted octanol–water partition coefficient (Wildman–Crippen LogP) is 3.29. The Hall–Kier alpha value is -3.26. The molecule has 0 fully saturated rings. The number of carbonyl (C=O) groups excluding carboxylic acids is 2. The first-order valence-electron chi connectivity index (χ1n) is 7.76. The number of carbonyl (C=O) groups is 2. The van der Waals surface area contributed by atoms with Crippen molar-refractivity contribution in [2.24, 2.45) is 5.73 Å². The fraction of sp³-hybridized carbons (Fsp3) is 0.111. The Morgan fingerprint density at radius 2 is 1.88 bits per heavy atom. The average Bonchev–Trinajstić information content (AvgIpc) is 3.10. The molecule has 132 valence electrons. The maximum Gasteiger partial charge on any atom is 0.405 e. The lowest BCUT2D eigenvalue weighted by Gasteiger charge is -2.09. The molecule has 0 spiro atoms. The van der Waals surface area contributed by atoms with Gasteiger partial charge in [-0.05, 0) is 36.2 Å². The van der Waals surface area contributed by atoms with Crippen LogP contribution in [0, 0.1) is 0 Å². The van der Waals surface area contributed by atoms with Crippen LogP contribution in [0.15, 0.2) is 54.2 Å². The molecule has 1 aromatic carbocycles. The summed E-state index contributed by atoms with van der Waals surface area (Å²) in [7, 11) is 0. The van der Waals surface area contributed by atoms with Gasteiger partial charge in [0.1, 0.15) is 0 Å². The summed E-state index contributed by atoms with van der Waals surface area (Å²) in [5.41, 5.74) is 8.68. The molecule has 2 heterocycles. The molecule has 3 aromatic rings. The van der Waals surface area contributed by atoms with E-state index >= 15 is 0 Å². The standard InChI is InChI=1S/C18H16N4O3S/c1-11(25-17(19)24)16(23)22-18-21-15(10-26-18)14-4-2-3-13(9-14)12-5-7-20-8-6-12/h2-11H,1H3,(H2,19,24)(H,21,22,23). The Morgan fingerprint density at radius 1 is 1.15 bits per heavy atom. The number of nitrogens with two attached hydrogens (primary N) is 1. The molecule has 7 nitrogen and oxygen atoms in total. The van der Waals surface area contributed by atoms with E-state index in [9.17, 15) is 9.59 Å². The number of aromatic nitrogens is 2. The highest BCUT2D eigenvalue weighted by Crippen LogP contribution is 2.28. The number of rotatable bonds is 5. The second-order valence-electron chi connectivity index (χ2n) is 5.42. The van der Waals surface area contributed by atoms with Crippen molar-refractivity contribution in [1.82, 2.24) is 9.97 Å². The minimum Gasteiger partial charge on any atom is -0.437 e. The van der Waals surface area contributed by atoms with Crippen molar-refractivity contribution in [2.75, 3.05) is 5.32 Å². The van der Waals surface area contributed by atoms with Crippen LogP contribution in [-0.2, 0) is 9.53 Å². The second kappa shape index (κ2) is 7.75. The van der Waals surface area contributed by atoms with Gasteiger partial charge < -0.3 is 10.5 Å². The van der Waals surface area contributed by atoms with Gasteiger partial charge in [-0.2, -0.15) is 0 Å². The summed E-state index contributed by atoms with van der Waals surface area (Å²) in [6.45, 7) is 1.44. The molecule has 1 atom stereocenters. The third-order valence-corrected chi connectivity index (χ3v) is 4.33. The van der Waals surface area contributed by atoms with Gasteiger partial charge in [0.05, 0.1) is 5.69 Å². The van der Waals surface area contributed by atoms with E-state index in [4.69, 9.17) is 5.73 Å². The number of ether oxygens (including phenoxy) is 1. The van der Waals surface area contributed by atoms with Crippen molar-refractivity contribution >= 4 is 28.5 Å². The van der Waals surface area contributed by atoms with Gasteiger partial charge >= 0.3 is 6.09 Å². The number of benzene rings is 1. The number of anilines is 1. The van der Waals surface area contributed by atoms with Crippen molar-refractivity contribution in [2.45, 2.75) is 13.0 Å². The molecule has 2 amide bonds. The highest BCUT2D eigenvalue weighted by Gasteiger charge is 2.18. The quantitative estimate of drug-likeness (QED) is 0.718. The summed E-state index contributed by atoms with van der Waals surface area (Å²) in [5.74, 6) is -0.491. The SMILES string of the molecule is CC(OC(N)=O)C(=O)Nc1nc(-c2cccc(-c3ccncc3)c2)cs1. The van der Waals surface area contributed by atoms with Crippen LogP contribution in [0.3, 0.4) is 0 Å². The van der Waals surface area contributed by atoms with E-state index in [2.05, 4.69) is 20.0 Å². The number of nitrogens with one attached hydrogen (secondary N) is 1. The van der Waals surface area contributed by atoms with Crippen molar-refractivity contribution in [3.63, 3.8) is 0 Å². The van der Waals surface area contributed by atoms with E-state index < -0.39 is 18.1 Å². The molecular formula is C18H16N4O3S. The molecule has 0 bridgehead atoms. The second-order valence-corrected chi connectivity index (χ2v) is 6.28. The fourth-order valence-electron chi connectivity index (χ4n) is 2.30. The molecular weight excluding hydrogens is 352 g/mol. The zero-order chi connectivity index (χ0) is 18.5. The molecule has 0 aliphatic heterocycles. The van der Waals surface area contributed by atoms with Crippen LogP contribution in [0.25, 0.3) is 22.4 Å². The largest absolute Gasteiger partial charge is 0.437 e. The number of nitrogens with zero attached hydrogens (tertiary/aromatic N) is 2. The summed E-state index contributed by atoms with van der Waals surface area (Å²) >= 11 is 1.29. The Morgan fingerprint density at radius 3 is 2.62 bits per heavy atom. The average molecular weight is 368 g/mol. The molecule has 1 unspecified atom stereocenters. The Bertz CT molecular complexity index is 927. The molecule has 3 N–H and O–H groups in total. The molecule has 2 aromatic heterocycles. The van der Waals surface area contributed by atoms with Gasteiger partial charge in [0.2, 0.25) is 0 Å². The van der Waals surface area contributed by atoms with Gasteiger partial charge in [-0.25, -0.2) is 9.78 Å². The topological polar surface area (TPSA) is 107 Å². The maximum absolute atomic E-state index is 11.9. The van der Waals surface area contributed by atoms with Crippen molar-refractivity contribution in [1.29, 1.82) is 0 Å². The Labute approximate surface area is 153 Å². The van der Waals surface area contributed by atoms with Crippen LogP contribution in [0.5, 0.6) is 0 Å². The van der Waals surface area contributed by atoms with E-state index in [0.717, 1.165) is 22.4 Å². The molecule has 0 radical (unpaired) electrons. The Kier molecular flexibility index (Phi) is 5.23. The highest BCUT2D eigenvalue weighted by atomic mass is 32.1. The Balaban J connectivity index is 1.76. The molecule has 3 rings (SSSR count). The van der Waals surface area contributed by atoms with Crippen LogP contribution in [0.1, 0.15) is 6.92 Å². The van der Waals surface area contributed by atoms with Gasteiger partial charge in [-0.15, -0.1) is 11.3 Å². The number of hydrogen-bond acceptors (Lipinski definition) is 6. The van der Waals surface area contributed by atoms with Gasteiger partial charge in [-0.3, -0.25) is 15.1 Å². The van der Waals surface area contributed by atoms with E-state index in [-0.39, 0.29) is 0 Å². The highest BCUT2D eigenvalue weighted by molar-refractivity contribution is 7.14. The first-order chi connectivity index (χ1) is 12.5. The zero-order valence-electron chi connectivity index (χ0n) is 13.9. The van der Waals surface area contributed by atoms with Crippen LogP contribution in [0.4, 0.5) is 9.93 Å². The number of primary amides is 1. The normalized spacial score (nSPS) is 11.6. The summed E-state index contributed by atoms with van der Waals surface area (Å²) in [4.78, 5) is 31.1. The lowest BCUT2D eigenvalue weighted by Crippen LogP contribution is -2.31. The molecule has 0 aliphatic rings. The maximum atomic E-state index is 11.9. The molecule has 8 heteroatoms. The first-order valence-corrected chi connectivity index (χ1v) is 8.64. The van der Waals surface area contributed by atoms with Gasteiger partial charge in [0.25, 0.3) is 5.91 Å². The predicted molar refractivity (Wildman–Crippen MR) is 99.5 cm³/mol. The van der Waals surface area contributed by atoms with Crippen LogP contribution >= 0.6 is 11.3 Å². The number of pyridine rings is 1. The molecule has 0 aliphatic carbocycles. The zero-order valence-corrected chi connectivity index (χ0v) is 14.7. The summed E-state index contributed by atoms with van der Waals surface area (Å²) in [6, 6.07) is 11.8. The lowest BCUT2D eigenvalue weighted by atomic mass is 10.0. The summed E-state index contributed by atoms with van der Waals surface area (Å²) in [5, 5.41) is 4.87. The first kappa shape index (κ1) is 17.6. The minimum absolute atomic E-state index is 0.416. The summed E-state index contributed by atoms with van der Waals surface area (Å²) in [6.07, 6.45) is 1.50. The van der Waals surface area contributed by atoms with Crippen molar-refractivity contribution in [3.8, 4) is 22.4 Å². The van der Waals surface area contributed by atoms with Crippen LogP contribution < -0.4 is 11.1 Å². The van der Waals surface area contributed by atoms with E-state index in [1.807, 2.05) is 41.8 Å². The van der Waals surface area contributed by atoms with Gasteiger partial charge in [-0.1, -0.05) is 18.2 Å². The fourth-order valence-corrected chi connectivity index (χ4v) is 3.02. The lowest BCUT2D eigenvalue weighted by molar-refractivity contribution is -0.123. The van der Waals surface area contributed by atoms with E-state index in [1.54, 1.807) is 12.4 Å². The number of hydrogen-bond donors (Lipinski definition) is 2. The van der Waals surface area contributed by atoms with E-state index in [1.165, 1.54) is 18.3 Å². The minimum atomic E-state index is -1.000. The number of amides is 2.